The number of alkyl halides is 2. The Labute approximate surface area is 170 Å². The largest absolute Gasteiger partial charge is 0.482 e. The van der Waals surface area contributed by atoms with Crippen molar-refractivity contribution in [2.75, 3.05) is 0 Å². The first-order valence-electron chi connectivity index (χ1n) is 7.99. The lowest BCUT2D eigenvalue weighted by atomic mass is 10.2. The van der Waals surface area contributed by atoms with Gasteiger partial charge in [0.05, 0.1) is 11.0 Å². The van der Waals surface area contributed by atoms with Gasteiger partial charge in [0.1, 0.15) is 12.4 Å². The summed E-state index contributed by atoms with van der Waals surface area (Å²) in [7, 11) is 1.48. The van der Waals surface area contributed by atoms with Gasteiger partial charge >= 0.3 is 5.69 Å². The van der Waals surface area contributed by atoms with Crippen molar-refractivity contribution < 1.29 is 22.6 Å². The predicted molar refractivity (Wildman–Crippen MR) is 100.0 cm³/mol. The summed E-state index contributed by atoms with van der Waals surface area (Å²) in [5.41, 5.74) is -0.961. The van der Waals surface area contributed by atoms with E-state index in [-0.39, 0.29) is 39.8 Å². The van der Waals surface area contributed by atoms with Gasteiger partial charge in [-0.05, 0) is 46.3 Å². The Balaban J connectivity index is 1.95. The smallest absolute Gasteiger partial charge is 0.343 e. The molecule has 0 aliphatic carbocycles. The molecular formula is C18H12BrF3N4O3. The van der Waals surface area contributed by atoms with Gasteiger partial charge in [0.2, 0.25) is 5.75 Å². The third kappa shape index (κ3) is 4.43. The van der Waals surface area contributed by atoms with Crippen LogP contribution in [-0.2, 0) is 13.7 Å². The molecule has 3 rings (SSSR count). The Kier molecular flexibility index (Phi) is 5.93. The number of nitrogens with one attached hydrogen (secondary N) is 1. The molecule has 0 spiro atoms. The Morgan fingerprint density at radius 2 is 2.10 bits per heavy atom. The van der Waals surface area contributed by atoms with Crippen LogP contribution in [0.2, 0.25) is 0 Å². The van der Waals surface area contributed by atoms with Crippen molar-refractivity contribution in [3.63, 3.8) is 0 Å². The van der Waals surface area contributed by atoms with Crippen molar-refractivity contribution in [3.05, 3.63) is 73.9 Å². The van der Waals surface area contributed by atoms with Crippen LogP contribution in [0, 0.1) is 12.4 Å². The molecule has 1 heterocycles. The van der Waals surface area contributed by atoms with E-state index in [0.717, 1.165) is 12.1 Å². The lowest BCUT2D eigenvalue weighted by Crippen LogP contribution is -2.15. The Bertz CT molecular complexity index is 1150. The molecule has 0 saturated carbocycles. The topological polar surface area (TPSA) is 73.5 Å². The van der Waals surface area contributed by atoms with Gasteiger partial charge < -0.3 is 9.47 Å². The van der Waals surface area contributed by atoms with Gasteiger partial charge in [0.25, 0.3) is 6.43 Å². The minimum atomic E-state index is -2.83. The van der Waals surface area contributed by atoms with Gasteiger partial charge in [-0.25, -0.2) is 27.9 Å². The summed E-state index contributed by atoms with van der Waals surface area (Å²) in [5, 5.41) is 6.02. The highest BCUT2D eigenvalue weighted by molar-refractivity contribution is 9.10. The van der Waals surface area contributed by atoms with E-state index in [1.54, 1.807) is 0 Å². The highest BCUT2D eigenvalue weighted by Crippen LogP contribution is 2.40. The van der Waals surface area contributed by atoms with Gasteiger partial charge in [-0.1, -0.05) is 0 Å². The highest BCUT2D eigenvalue weighted by Gasteiger charge is 2.19. The molecule has 0 aliphatic rings. The summed E-state index contributed by atoms with van der Waals surface area (Å²) >= 11 is 3.03. The zero-order chi connectivity index (χ0) is 21.1. The van der Waals surface area contributed by atoms with Crippen LogP contribution in [-0.4, -0.2) is 14.8 Å². The first-order valence-corrected chi connectivity index (χ1v) is 8.79. The highest BCUT2D eigenvalue weighted by atomic mass is 79.9. The summed E-state index contributed by atoms with van der Waals surface area (Å²) in [6.45, 7) is 6.86. The quantitative estimate of drug-likeness (QED) is 0.523. The lowest BCUT2D eigenvalue weighted by Gasteiger charge is -2.15. The van der Waals surface area contributed by atoms with E-state index in [4.69, 9.17) is 16.0 Å². The second-order valence-electron chi connectivity index (χ2n) is 5.76. The van der Waals surface area contributed by atoms with Crippen LogP contribution >= 0.6 is 15.9 Å². The maximum atomic E-state index is 14.7. The van der Waals surface area contributed by atoms with E-state index in [9.17, 15) is 18.0 Å². The van der Waals surface area contributed by atoms with Gasteiger partial charge in [0.15, 0.2) is 23.1 Å². The Morgan fingerprint density at radius 3 is 2.72 bits per heavy atom. The van der Waals surface area contributed by atoms with Crippen molar-refractivity contribution in [1.82, 2.24) is 14.8 Å². The van der Waals surface area contributed by atoms with Crippen LogP contribution in [0.4, 0.5) is 18.9 Å². The number of H-pyrrole nitrogens is 1. The van der Waals surface area contributed by atoms with Crippen LogP contribution in [0.1, 0.15) is 17.8 Å². The number of ether oxygens (including phenoxy) is 2. The molecule has 0 unspecified atom stereocenters. The van der Waals surface area contributed by atoms with E-state index < -0.39 is 23.5 Å². The predicted octanol–water partition coefficient (Wildman–Crippen LogP) is 4.87. The fourth-order valence-electron chi connectivity index (χ4n) is 2.35. The first-order chi connectivity index (χ1) is 13.8. The molecule has 2 aromatic carbocycles. The molecule has 0 atom stereocenters. The van der Waals surface area contributed by atoms with E-state index in [1.807, 2.05) is 0 Å². The molecule has 0 saturated heterocycles. The molecule has 29 heavy (non-hydrogen) atoms. The zero-order valence-electron chi connectivity index (χ0n) is 14.7. The molecule has 0 radical (unpaired) electrons. The maximum absolute atomic E-state index is 14.7. The molecule has 150 valence electrons. The minimum absolute atomic E-state index is 0.0482. The van der Waals surface area contributed by atoms with Gasteiger partial charge in [-0.15, -0.1) is 0 Å². The molecule has 0 fully saturated rings. The molecule has 0 amide bonds. The summed E-state index contributed by atoms with van der Waals surface area (Å²) < 4.78 is 53.1. The standard InChI is InChI=1S/C18H12BrF3N4O3/c1-23-10-5-9(17(21)22)6-11(7-10)29-16-13(4-3-12(19)15(16)20)28-8-14-24-25-18(27)26(14)2/h3-7,17H,8H2,2H3,(H,25,27). The third-order valence-corrected chi connectivity index (χ3v) is 4.47. The second-order valence-corrected chi connectivity index (χ2v) is 6.61. The van der Waals surface area contributed by atoms with Crippen molar-refractivity contribution >= 4 is 21.6 Å². The molecule has 0 bridgehead atoms. The molecule has 11 heteroatoms. The van der Waals surface area contributed by atoms with Gasteiger partial charge in [-0.2, -0.15) is 5.10 Å². The Hall–Kier alpha value is -3.26. The zero-order valence-corrected chi connectivity index (χ0v) is 16.3. The normalized spacial score (nSPS) is 10.8. The SMILES string of the molecule is [C-]#[N+]c1cc(Oc2c(OCc3n[nH]c(=O)n3C)ccc(Br)c2F)cc(C(F)F)c1. The second kappa shape index (κ2) is 8.40. The van der Waals surface area contributed by atoms with E-state index in [1.165, 1.54) is 29.8 Å². The number of hydrogen-bond acceptors (Lipinski definition) is 4. The summed E-state index contributed by atoms with van der Waals surface area (Å²) in [6.07, 6.45) is -2.83. The fraction of sp³-hybridized carbons (Fsp3) is 0.167. The number of halogens is 4. The van der Waals surface area contributed by atoms with Crippen LogP contribution in [0.25, 0.3) is 4.85 Å². The molecule has 1 aromatic heterocycles. The van der Waals surface area contributed by atoms with E-state index in [2.05, 4.69) is 31.0 Å². The first kappa shape index (κ1) is 20.5. The summed E-state index contributed by atoms with van der Waals surface area (Å²) in [6, 6.07) is 6.03. The summed E-state index contributed by atoms with van der Waals surface area (Å²) in [5.74, 6) is -1.15. The molecule has 1 N–H and O–H groups in total. The number of benzene rings is 2. The average Bonchev–Trinajstić information content (AvgIpc) is 3.02. The van der Waals surface area contributed by atoms with E-state index >= 15 is 0 Å². The number of hydrogen-bond donors (Lipinski definition) is 1. The Morgan fingerprint density at radius 1 is 1.34 bits per heavy atom. The number of nitrogens with zero attached hydrogens (tertiary/aromatic N) is 3. The number of rotatable bonds is 6. The third-order valence-electron chi connectivity index (χ3n) is 3.86. The van der Waals surface area contributed by atoms with E-state index in [0.29, 0.717) is 0 Å². The minimum Gasteiger partial charge on any atom is -0.482 e. The van der Waals surface area contributed by atoms with Crippen LogP contribution in [0.5, 0.6) is 17.2 Å². The lowest BCUT2D eigenvalue weighted by molar-refractivity contribution is 0.151. The molecule has 7 nitrogen and oxygen atoms in total. The van der Waals surface area contributed by atoms with Crippen LogP contribution in [0.15, 0.2) is 39.6 Å². The van der Waals surface area contributed by atoms with Crippen molar-refractivity contribution in [3.8, 4) is 17.2 Å². The molecule has 3 aromatic rings. The molecular weight excluding hydrogens is 457 g/mol. The average molecular weight is 469 g/mol. The van der Waals surface area contributed by atoms with Gasteiger partial charge in [-0.3, -0.25) is 4.57 Å². The van der Waals surface area contributed by atoms with Crippen LogP contribution < -0.4 is 15.2 Å². The number of aromatic amines is 1. The van der Waals surface area contributed by atoms with Crippen molar-refractivity contribution in [2.24, 2.45) is 7.05 Å². The fourth-order valence-corrected chi connectivity index (χ4v) is 2.66. The number of aromatic nitrogens is 3. The molecule has 0 aliphatic heterocycles. The van der Waals surface area contributed by atoms with Crippen molar-refractivity contribution in [1.29, 1.82) is 0 Å². The maximum Gasteiger partial charge on any atom is 0.343 e. The van der Waals surface area contributed by atoms with Crippen LogP contribution in [0.3, 0.4) is 0 Å². The monoisotopic (exact) mass is 468 g/mol. The summed E-state index contributed by atoms with van der Waals surface area (Å²) in [4.78, 5) is 14.5. The van der Waals surface area contributed by atoms with Crippen molar-refractivity contribution in [2.45, 2.75) is 13.0 Å². The van der Waals surface area contributed by atoms with Gasteiger partial charge in [0, 0.05) is 12.6 Å².